The molecule has 17 rings (SSSR count). The quantitative estimate of drug-likeness (QED) is 0.142. The Labute approximate surface area is 637 Å². The van der Waals surface area contributed by atoms with Crippen LogP contribution in [-0.4, -0.2) is 23.4 Å². The highest BCUT2D eigenvalue weighted by molar-refractivity contribution is 5.80. The van der Waals surface area contributed by atoms with E-state index in [1.807, 2.05) is 0 Å². The van der Waals surface area contributed by atoms with Crippen molar-refractivity contribution in [3.63, 3.8) is 0 Å². The third kappa shape index (κ3) is 14.3. The van der Waals surface area contributed by atoms with Crippen LogP contribution >= 0.6 is 0 Å². The molecule has 0 bridgehead atoms. The molecule has 1 spiro atoms. The number of benzene rings is 8. The Morgan fingerprint density at radius 1 is 0.318 bits per heavy atom. The summed E-state index contributed by atoms with van der Waals surface area (Å²) in [5, 5.41) is 0. The molecule has 0 saturated heterocycles. The van der Waals surface area contributed by atoms with E-state index in [-0.39, 0.29) is 22.2 Å². The third-order valence-corrected chi connectivity index (χ3v) is 23.7. The van der Waals surface area contributed by atoms with E-state index in [2.05, 4.69) is 362 Å². The van der Waals surface area contributed by atoms with Gasteiger partial charge in [-0.1, -0.05) is 190 Å². The van der Waals surface area contributed by atoms with Crippen LogP contribution in [0.5, 0.6) is 23.0 Å². The SMILES string of the molecule is Cc1cc(-c2c(C)ccc3c2OC(C)(C)C3(C)C)[n+](C)cc1-c1ccccc1.Cc1cc(-c2c(C)ccc3c2OC(C)(C)C3)[n+](C)cc1-c1ccccc1.Cc1cc(-c2c(C)ccc3c2OC2(CCCCC2)C3)[n+](C)cc1-c1ccccc1.Cc1cc(-c2c(C)ccc3c2OCC3)[n+](C)cc1-c1ccccc1. The fourth-order valence-electron chi connectivity index (χ4n) is 17.1. The van der Waals surface area contributed by atoms with Gasteiger partial charge in [0.05, 0.1) is 28.9 Å². The average molecular weight is 1420 g/mol. The number of pyridine rings is 4. The molecule has 12 aromatic rings. The maximum Gasteiger partial charge on any atom is 0.216 e. The van der Waals surface area contributed by atoms with Crippen LogP contribution < -0.4 is 37.2 Å². The Bertz CT molecular complexity index is 5360. The molecular weight excluding hydrogens is 1310 g/mol. The maximum absolute atomic E-state index is 6.80. The molecule has 0 unspecified atom stereocenters. The Morgan fingerprint density at radius 2 is 0.654 bits per heavy atom. The van der Waals surface area contributed by atoms with Gasteiger partial charge in [0.2, 0.25) is 22.8 Å². The number of fused-ring (bicyclic) bond motifs is 4. The zero-order valence-electron chi connectivity index (χ0n) is 66.6. The van der Waals surface area contributed by atoms with Crippen LogP contribution in [0.15, 0.2) is 219 Å². The number of ether oxygens (including phenoxy) is 4. The molecule has 8 heterocycles. The van der Waals surface area contributed by atoms with Crippen LogP contribution in [0, 0.1) is 55.4 Å². The molecule has 1 saturated carbocycles. The number of nitrogens with zero attached hydrogens (tertiary/aromatic N) is 4. The first-order valence-electron chi connectivity index (χ1n) is 38.7. The summed E-state index contributed by atoms with van der Waals surface area (Å²) >= 11 is 0. The van der Waals surface area contributed by atoms with Crippen molar-refractivity contribution in [2.24, 2.45) is 28.2 Å². The predicted octanol–water partition coefficient (Wildman–Crippen LogP) is 21.6. The van der Waals surface area contributed by atoms with E-state index >= 15 is 0 Å². The molecule has 0 amide bonds. The minimum absolute atomic E-state index is 0.0393. The molecule has 544 valence electrons. The van der Waals surface area contributed by atoms with E-state index in [0.29, 0.717) is 0 Å². The second-order valence-corrected chi connectivity index (χ2v) is 32.7. The minimum Gasteiger partial charge on any atom is -0.492 e. The molecule has 4 aromatic heterocycles. The molecule has 4 aliphatic heterocycles. The van der Waals surface area contributed by atoms with Gasteiger partial charge in [-0.05, 0) is 192 Å². The van der Waals surface area contributed by atoms with Gasteiger partial charge in [0.1, 0.15) is 68.0 Å². The summed E-state index contributed by atoms with van der Waals surface area (Å²) in [5.74, 6) is 4.29. The summed E-state index contributed by atoms with van der Waals surface area (Å²) < 4.78 is 34.6. The second-order valence-electron chi connectivity index (χ2n) is 32.7. The van der Waals surface area contributed by atoms with Crippen molar-refractivity contribution in [3.8, 4) is 113 Å². The molecule has 5 aliphatic rings. The molecular formula is C99H108N4O4+4. The smallest absolute Gasteiger partial charge is 0.216 e. The normalized spacial score (nSPS) is 15.5. The van der Waals surface area contributed by atoms with E-state index in [4.69, 9.17) is 18.9 Å². The van der Waals surface area contributed by atoms with E-state index < -0.39 is 0 Å². The molecule has 107 heavy (non-hydrogen) atoms. The molecule has 8 aromatic carbocycles. The van der Waals surface area contributed by atoms with Crippen molar-refractivity contribution >= 4 is 0 Å². The molecule has 0 radical (unpaired) electrons. The Balaban J connectivity index is 0.000000120. The molecule has 1 aliphatic carbocycles. The summed E-state index contributed by atoms with van der Waals surface area (Å²) in [5.41, 5.74) is 35.0. The molecule has 8 nitrogen and oxygen atoms in total. The van der Waals surface area contributed by atoms with Crippen molar-refractivity contribution in [1.29, 1.82) is 0 Å². The van der Waals surface area contributed by atoms with E-state index in [0.717, 1.165) is 48.9 Å². The topological polar surface area (TPSA) is 52.4 Å². The van der Waals surface area contributed by atoms with Crippen LogP contribution in [0.25, 0.3) is 89.5 Å². The van der Waals surface area contributed by atoms with Gasteiger partial charge >= 0.3 is 0 Å². The molecule has 0 atom stereocenters. The monoisotopic (exact) mass is 1420 g/mol. The van der Waals surface area contributed by atoms with E-state index in [1.54, 1.807) is 0 Å². The van der Waals surface area contributed by atoms with Crippen LogP contribution in [0.1, 0.15) is 140 Å². The van der Waals surface area contributed by atoms with Gasteiger partial charge in [-0.15, -0.1) is 0 Å². The van der Waals surface area contributed by atoms with Crippen LogP contribution in [-0.2, 0) is 52.9 Å². The van der Waals surface area contributed by atoms with E-state index in [1.165, 1.54) is 188 Å². The van der Waals surface area contributed by atoms with Crippen LogP contribution in [0.3, 0.4) is 0 Å². The van der Waals surface area contributed by atoms with Crippen molar-refractivity contribution in [1.82, 2.24) is 0 Å². The number of aromatic nitrogens is 4. The first-order valence-corrected chi connectivity index (χ1v) is 38.7. The lowest BCUT2D eigenvalue weighted by atomic mass is 9.73. The van der Waals surface area contributed by atoms with Crippen LogP contribution in [0.4, 0.5) is 0 Å². The number of hydrogen-bond acceptors (Lipinski definition) is 4. The Kier molecular flexibility index (Phi) is 20.2. The standard InChI is InChI=1S/C27H30NO.C26H30NO.C24H26NO.C22H22NO/c1-19-12-13-22-17-27(14-8-5-9-15-27)29-26(22)25(19)24-16-20(2)23(18-28(24)3)21-10-6-4-7-11-21;1-17-13-14-21-24(28-26(5,6)25(21,3)4)23(17)22-15-18(2)20(16-27(22)7)19-11-9-8-10-12-19;1-16-11-12-19-14-24(3,4)26-23(19)22(16)21-13-17(2)20(15-25(21)5)18-9-7-6-8-10-18;1-15-9-10-18-11-12-24-22(18)21(15)20-13-16(2)19(14-23(20)3)17-7-5-4-6-8-17/h4,6-7,10-13,16,18H,5,8-9,14-15,17H2,1-3H3;8-16H,1-7H3;6-13,15H,14H2,1-5H3;4-10,13-14H,11-12H2,1-3H3/q4*+1. The third-order valence-electron chi connectivity index (χ3n) is 23.7. The fourth-order valence-corrected chi connectivity index (χ4v) is 17.1. The van der Waals surface area contributed by atoms with Crippen molar-refractivity contribution in [2.75, 3.05) is 6.61 Å². The van der Waals surface area contributed by atoms with Crippen molar-refractivity contribution < 1.29 is 37.2 Å². The van der Waals surface area contributed by atoms with Gasteiger partial charge in [0.25, 0.3) is 0 Å². The predicted molar refractivity (Wildman–Crippen MR) is 437 cm³/mol. The highest BCUT2D eigenvalue weighted by atomic mass is 16.5. The maximum atomic E-state index is 6.80. The zero-order valence-corrected chi connectivity index (χ0v) is 66.6. The summed E-state index contributed by atoms with van der Waals surface area (Å²) in [7, 11) is 8.53. The number of rotatable bonds is 8. The molecule has 8 heteroatoms. The number of aryl methyl sites for hydroxylation is 12. The zero-order chi connectivity index (χ0) is 75.4. The fraction of sp³-hybridized carbons (Fsp3) is 0.313. The highest BCUT2D eigenvalue weighted by Crippen LogP contribution is 2.54. The molecule has 1 fully saturated rings. The first kappa shape index (κ1) is 73.5. The van der Waals surface area contributed by atoms with Gasteiger partial charge in [-0.3, -0.25) is 0 Å². The van der Waals surface area contributed by atoms with Crippen molar-refractivity contribution in [3.05, 3.63) is 286 Å². The largest absolute Gasteiger partial charge is 0.492 e. The van der Waals surface area contributed by atoms with Gasteiger partial charge < -0.3 is 18.9 Å². The average Bonchev–Trinajstić information content (AvgIpc) is 1.57. The van der Waals surface area contributed by atoms with Gasteiger partial charge in [-0.2, -0.15) is 0 Å². The summed E-state index contributed by atoms with van der Waals surface area (Å²) in [6.45, 7) is 31.6. The van der Waals surface area contributed by atoms with Gasteiger partial charge in [0.15, 0.2) is 24.8 Å². The Hall–Kier alpha value is -10.4. The molecule has 0 N–H and O–H groups in total. The lowest BCUT2D eigenvalue weighted by Crippen LogP contribution is -2.42. The summed E-state index contributed by atoms with van der Waals surface area (Å²) in [6, 6.07) is 69.5. The lowest BCUT2D eigenvalue weighted by Gasteiger charge is -2.33. The van der Waals surface area contributed by atoms with E-state index in [9.17, 15) is 0 Å². The minimum atomic E-state index is -0.241. The second kappa shape index (κ2) is 29.4. The van der Waals surface area contributed by atoms with Gasteiger partial charge in [0, 0.05) is 76.8 Å². The highest BCUT2D eigenvalue weighted by Gasteiger charge is 2.50. The summed E-state index contributed by atoms with van der Waals surface area (Å²) in [6.07, 6.45) is 18.3. The first-order chi connectivity index (χ1) is 51.2. The Morgan fingerprint density at radius 3 is 1.05 bits per heavy atom. The van der Waals surface area contributed by atoms with Gasteiger partial charge in [-0.25, -0.2) is 18.3 Å². The summed E-state index contributed by atoms with van der Waals surface area (Å²) in [4.78, 5) is 0. The lowest BCUT2D eigenvalue weighted by molar-refractivity contribution is -0.660. The van der Waals surface area contributed by atoms with Crippen LogP contribution in [0.2, 0.25) is 0 Å². The van der Waals surface area contributed by atoms with Crippen molar-refractivity contribution in [2.45, 2.75) is 171 Å². The number of hydrogen-bond donors (Lipinski definition) is 0.